The van der Waals surface area contributed by atoms with E-state index in [1.807, 2.05) is 0 Å². The second-order valence-corrected chi connectivity index (χ2v) is 4.68. The van der Waals surface area contributed by atoms with Crippen molar-refractivity contribution in [3.8, 4) is 0 Å². The summed E-state index contributed by atoms with van der Waals surface area (Å²) >= 11 is 8.58. The van der Waals surface area contributed by atoms with E-state index in [-0.39, 0.29) is 0 Å². The Balaban J connectivity index is 1.99. The molecule has 2 heterocycles. The van der Waals surface area contributed by atoms with Crippen molar-refractivity contribution >= 4 is 34.9 Å². The summed E-state index contributed by atoms with van der Waals surface area (Å²) < 4.78 is 4.38. The molecule has 0 spiro atoms. The topological polar surface area (TPSA) is 51.6 Å². The first-order chi connectivity index (χ1) is 6.86. The van der Waals surface area contributed by atoms with Crippen LogP contribution in [0.5, 0.6) is 0 Å². The molecule has 0 saturated heterocycles. The number of aromatic nitrogens is 4. The largest absolute Gasteiger partial charge is 0.260 e. The van der Waals surface area contributed by atoms with Gasteiger partial charge in [0.1, 0.15) is 15.1 Å². The Morgan fingerprint density at radius 1 is 1.43 bits per heavy atom. The lowest BCUT2D eigenvalue weighted by atomic mass is 10.6. The van der Waals surface area contributed by atoms with Crippen LogP contribution < -0.4 is 0 Å². The second kappa shape index (κ2) is 4.68. The van der Waals surface area contributed by atoms with Gasteiger partial charge in [0.05, 0.1) is 6.20 Å². The van der Waals surface area contributed by atoms with Crippen LogP contribution in [0.25, 0.3) is 0 Å². The molecule has 72 valence electrons. The molecule has 0 fully saturated rings. The molecule has 2 rings (SSSR count). The first kappa shape index (κ1) is 9.82. The van der Waals surface area contributed by atoms with E-state index in [0.29, 0.717) is 10.1 Å². The normalized spacial score (nSPS) is 10.4. The molecule has 7 heteroatoms. The fourth-order valence-corrected chi connectivity index (χ4v) is 2.34. The van der Waals surface area contributed by atoms with Gasteiger partial charge in [-0.05, 0) is 0 Å². The van der Waals surface area contributed by atoms with Gasteiger partial charge in [0.2, 0.25) is 0 Å². The van der Waals surface area contributed by atoms with Crippen molar-refractivity contribution in [3.05, 3.63) is 28.6 Å². The fraction of sp³-hybridized carbons (Fsp3) is 0.143. The van der Waals surface area contributed by atoms with Crippen molar-refractivity contribution in [2.75, 3.05) is 0 Å². The lowest BCUT2D eigenvalue weighted by molar-refractivity contribution is 1.04. The highest BCUT2D eigenvalue weighted by atomic mass is 35.5. The second-order valence-electron chi connectivity index (χ2n) is 2.33. The number of thioether (sulfide) groups is 1. The summed E-state index contributed by atoms with van der Waals surface area (Å²) in [5.41, 5.74) is 0.798. The van der Waals surface area contributed by atoms with Crippen LogP contribution in [0.4, 0.5) is 0 Å². The zero-order chi connectivity index (χ0) is 9.80. The summed E-state index contributed by atoms with van der Waals surface area (Å²) in [5, 5.41) is 4.76. The molecule has 0 aromatic carbocycles. The minimum absolute atomic E-state index is 0.640. The van der Waals surface area contributed by atoms with E-state index in [1.165, 1.54) is 23.3 Å². The zero-order valence-electron chi connectivity index (χ0n) is 6.92. The van der Waals surface area contributed by atoms with Gasteiger partial charge in [-0.1, -0.05) is 27.9 Å². The van der Waals surface area contributed by atoms with Crippen molar-refractivity contribution in [2.45, 2.75) is 10.8 Å². The van der Waals surface area contributed by atoms with Crippen LogP contribution in [0.2, 0.25) is 4.34 Å². The Bertz CT molecular complexity index is 405. The number of hydrogen-bond donors (Lipinski definition) is 0. The van der Waals surface area contributed by atoms with Crippen LogP contribution in [-0.2, 0) is 5.75 Å². The highest BCUT2D eigenvalue weighted by Crippen LogP contribution is 2.25. The van der Waals surface area contributed by atoms with Gasteiger partial charge in [-0.25, -0.2) is 4.98 Å². The third-order valence-corrected chi connectivity index (χ3v) is 3.31. The maximum Gasteiger partial charge on any atom is 0.138 e. The number of hydrogen-bond acceptors (Lipinski definition) is 6. The van der Waals surface area contributed by atoms with E-state index in [4.69, 9.17) is 11.6 Å². The van der Waals surface area contributed by atoms with Crippen LogP contribution in [0, 0.1) is 0 Å². The van der Waals surface area contributed by atoms with Gasteiger partial charge in [-0.15, -0.1) is 5.10 Å². The lowest BCUT2D eigenvalue weighted by Gasteiger charge is -1.96. The summed E-state index contributed by atoms with van der Waals surface area (Å²) in [6, 6.07) is 0. The maximum atomic E-state index is 5.85. The summed E-state index contributed by atoms with van der Waals surface area (Å²) in [6.07, 6.45) is 5.00. The molecule has 0 bridgehead atoms. The molecule has 2 aromatic rings. The summed E-state index contributed by atoms with van der Waals surface area (Å²) in [6.45, 7) is 0. The minimum atomic E-state index is 0.640. The molecule has 0 N–H and O–H groups in total. The Morgan fingerprint density at radius 2 is 2.36 bits per heavy atom. The molecular weight excluding hydrogens is 240 g/mol. The fourth-order valence-electron chi connectivity index (χ4n) is 0.785. The SMILES string of the molecule is Clc1snnc1CSc1cnccn1. The predicted octanol–water partition coefficient (Wildman–Crippen LogP) is 2.27. The predicted molar refractivity (Wildman–Crippen MR) is 56.5 cm³/mol. The molecule has 0 saturated carbocycles. The molecular formula is C7H5ClN4S2. The van der Waals surface area contributed by atoms with Crippen LogP contribution in [-0.4, -0.2) is 19.6 Å². The van der Waals surface area contributed by atoms with Gasteiger partial charge in [0.25, 0.3) is 0 Å². The molecule has 0 radical (unpaired) electrons. The highest BCUT2D eigenvalue weighted by molar-refractivity contribution is 7.98. The van der Waals surface area contributed by atoms with E-state index >= 15 is 0 Å². The number of rotatable bonds is 3. The molecule has 0 amide bonds. The highest BCUT2D eigenvalue weighted by Gasteiger charge is 2.05. The number of halogens is 1. The zero-order valence-corrected chi connectivity index (χ0v) is 9.31. The molecule has 4 nitrogen and oxygen atoms in total. The van der Waals surface area contributed by atoms with Crippen molar-refractivity contribution in [1.82, 2.24) is 19.6 Å². The third-order valence-electron chi connectivity index (χ3n) is 1.41. The monoisotopic (exact) mass is 244 g/mol. The van der Waals surface area contributed by atoms with Crippen molar-refractivity contribution < 1.29 is 0 Å². The van der Waals surface area contributed by atoms with Gasteiger partial charge in [-0.3, -0.25) is 4.98 Å². The van der Waals surface area contributed by atoms with E-state index in [9.17, 15) is 0 Å². The smallest absolute Gasteiger partial charge is 0.138 e. The average Bonchev–Trinajstić information content (AvgIpc) is 2.63. The first-order valence-electron chi connectivity index (χ1n) is 3.72. The van der Waals surface area contributed by atoms with E-state index in [2.05, 4.69) is 19.6 Å². The summed E-state index contributed by atoms with van der Waals surface area (Å²) in [4.78, 5) is 8.08. The third kappa shape index (κ3) is 2.40. The van der Waals surface area contributed by atoms with Gasteiger partial charge in [0, 0.05) is 29.7 Å². The van der Waals surface area contributed by atoms with Crippen LogP contribution in [0.1, 0.15) is 5.69 Å². The Labute approximate surface area is 93.9 Å². The van der Waals surface area contributed by atoms with Gasteiger partial charge < -0.3 is 0 Å². The standard InChI is InChI=1S/C7H5ClN4S2/c8-7-5(11-12-14-7)4-13-6-3-9-1-2-10-6/h1-3H,4H2. The average molecular weight is 245 g/mol. The number of nitrogens with zero attached hydrogens (tertiary/aromatic N) is 4. The first-order valence-corrected chi connectivity index (χ1v) is 5.85. The van der Waals surface area contributed by atoms with Crippen molar-refractivity contribution in [2.24, 2.45) is 0 Å². The maximum absolute atomic E-state index is 5.85. The minimum Gasteiger partial charge on any atom is -0.260 e. The van der Waals surface area contributed by atoms with Crippen LogP contribution in [0.15, 0.2) is 23.6 Å². The molecule has 0 aliphatic carbocycles. The van der Waals surface area contributed by atoms with Gasteiger partial charge in [0.15, 0.2) is 0 Å². The Morgan fingerprint density at radius 3 is 3.00 bits per heavy atom. The van der Waals surface area contributed by atoms with Gasteiger partial charge >= 0.3 is 0 Å². The quantitative estimate of drug-likeness (QED) is 0.776. The molecule has 0 atom stereocenters. The molecule has 0 aliphatic heterocycles. The van der Waals surface area contributed by atoms with Gasteiger partial charge in [-0.2, -0.15) is 0 Å². The van der Waals surface area contributed by atoms with Crippen molar-refractivity contribution in [3.63, 3.8) is 0 Å². The lowest BCUT2D eigenvalue weighted by Crippen LogP contribution is -1.84. The molecule has 2 aromatic heterocycles. The van der Waals surface area contributed by atoms with Crippen LogP contribution >= 0.6 is 34.9 Å². The molecule has 14 heavy (non-hydrogen) atoms. The molecule has 0 aliphatic rings. The van der Waals surface area contributed by atoms with Crippen LogP contribution in [0.3, 0.4) is 0 Å². The van der Waals surface area contributed by atoms with Crippen molar-refractivity contribution in [1.29, 1.82) is 0 Å². The van der Waals surface area contributed by atoms with E-state index < -0.39 is 0 Å². The Kier molecular flexibility index (Phi) is 3.28. The summed E-state index contributed by atoms with van der Waals surface area (Å²) in [5.74, 6) is 0.675. The summed E-state index contributed by atoms with van der Waals surface area (Å²) in [7, 11) is 0. The van der Waals surface area contributed by atoms with E-state index in [1.54, 1.807) is 18.6 Å². The van der Waals surface area contributed by atoms with E-state index in [0.717, 1.165) is 10.7 Å². The molecule has 0 unspecified atom stereocenters. The Hall–Kier alpha value is -0.720.